The van der Waals surface area contributed by atoms with Crippen LogP contribution in [0.5, 0.6) is 5.88 Å². The second kappa shape index (κ2) is 7.47. The van der Waals surface area contributed by atoms with Crippen molar-refractivity contribution >= 4 is 15.9 Å². The summed E-state index contributed by atoms with van der Waals surface area (Å²) in [5.74, 6) is 0.269. The summed E-state index contributed by atoms with van der Waals surface area (Å²) in [4.78, 5) is 8.32. The second-order valence-corrected chi connectivity index (χ2v) is 5.40. The first kappa shape index (κ1) is 15.9. The molecule has 0 aliphatic carbocycles. The lowest BCUT2D eigenvalue weighted by Crippen LogP contribution is -2.24. The normalized spacial score (nSPS) is 12.2. The molecular formula is C15H17BrFN3O. The summed E-state index contributed by atoms with van der Waals surface area (Å²) < 4.78 is 18.9. The predicted molar refractivity (Wildman–Crippen MR) is 82.8 cm³/mol. The largest absolute Gasteiger partial charge is 0.481 e. The molecule has 21 heavy (non-hydrogen) atoms. The van der Waals surface area contributed by atoms with Crippen LogP contribution < -0.4 is 10.1 Å². The Morgan fingerprint density at radius 3 is 2.81 bits per heavy atom. The van der Waals surface area contributed by atoms with E-state index in [4.69, 9.17) is 4.74 Å². The fraction of sp³-hybridized carbons (Fsp3) is 0.333. The first-order chi connectivity index (χ1) is 10.1. The first-order valence-electron chi connectivity index (χ1n) is 6.67. The summed E-state index contributed by atoms with van der Waals surface area (Å²) in [5, 5.41) is 3.38. The Morgan fingerprint density at radius 1 is 1.33 bits per heavy atom. The van der Waals surface area contributed by atoms with E-state index in [-0.39, 0.29) is 11.9 Å². The van der Waals surface area contributed by atoms with Gasteiger partial charge in [-0.1, -0.05) is 13.0 Å². The van der Waals surface area contributed by atoms with E-state index in [1.165, 1.54) is 12.4 Å². The maximum atomic E-state index is 13.3. The Balaban J connectivity index is 2.23. The Hall–Kier alpha value is -1.53. The third-order valence-corrected chi connectivity index (χ3v) is 3.71. The topological polar surface area (TPSA) is 47.0 Å². The molecule has 0 radical (unpaired) electrons. The van der Waals surface area contributed by atoms with Crippen LogP contribution in [0.1, 0.15) is 24.2 Å². The number of benzene rings is 1. The summed E-state index contributed by atoms with van der Waals surface area (Å²) in [6, 6.07) is 6.86. The van der Waals surface area contributed by atoms with E-state index < -0.39 is 0 Å². The minimum Gasteiger partial charge on any atom is -0.481 e. The number of rotatable bonds is 6. The SMILES string of the molecule is CCNC(Cc1ccc(F)c(Br)c1)c1cc(OC)ncn1. The number of ether oxygens (including phenoxy) is 1. The molecular weight excluding hydrogens is 337 g/mol. The quantitative estimate of drug-likeness (QED) is 0.865. The lowest BCUT2D eigenvalue weighted by Gasteiger charge is -2.18. The Morgan fingerprint density at radius 2 is 2.14 bits per heavy atom. The highest BCUT2D eigenvalue weighted by Crippen LogP contribution is 2.22. The van der Waals surface area contributed by atoms with Gasteiger partial charge in [-0.05, 0) is 46.6 Å². The zero-order valence-corrected chi connectivity index (χ0v) is 13.5. The number of nitrogens with zero attached hydrogens (tertiary/aromatic N) is 2. The van der Waals surface area contributed by atoms with E-state index in [1.54, 1.807) is 19.2 Å². The molecule has 0 aliphatic rings. The lowest BCUT2D eigenvalue weighted by molar-refractivity contribution is 0.393. The van der Waals surface area contributed by atoms with Gasteiger partial charge in [-0.3, -0.25) is 0 Å². The highest BCUT2D eigenvalue weighted by molar-refractivity contribution is 9.10. The molecule has 1 heterocycles. The average Bonchev–Trinajstić information content (AvgIpc) is 2.50. The summed E-state index contributed by atoms with van der Waals surface area (Å²) in [5.41, 5.74) is 1.87. The van der Waals surface area contributed by atoms with Crippen molar-refractivity contribution < 1.29 is 9.13 Å². The van der Waals surface area contributed by atoms with Crippen LogP contribution in [-0.4, -0.2) is 23.6 Å². The minimum atomic E-state index is -0.262. The lowest BCUT2D eigenvalue weighted by atomic mass is 10.0. The van der Waals surface area contributed by atoms with Gasteiger partial charge < -0.3 is 10.1 Å². The van der Waals surface area contributed by atoms with Gasteiger partial charge in [0.05, 0.1) is 23.3 Å². The van der Waals surface area contributed by atoms with Crippen LogP contribution in [-0.2, 0) is 6.42 Å². The Kier molecular flexibility index (Phi) is 5.64. The molecule has 1 N–H and O–H groups in total. The second-order valence-electron chi connectivity index (χ2n) is 4.55. The zero-order valence-electron chi connectivity index (χ0n) is 11.9. The van der Waals surface area contributed by atoms with E-state index in [0.717, 1.165) is 17.8 Å². The van der Waals surface area contributed by atoms with Crippen LogP contribution in [0.4, 0.5) is 4.39 Å². The fourth-order valence-electron chi connectivity index (χ4n) is 2.09. The molecule has 2 rings (SSSR count). The fourth-order valence-corrected chi connectivity index (χ4v) is 2.51. The zero-order chi connectivity index (χ0) is 15.2. The molecule has 6 heteroatoms. The average molecular weight is 354 g/mol. The van der Waals surface area contributed by atoms with Crippen molar-refractivity contribution in [3.8, 4) is 5.88 Å². The van der Waals surface area contributed by atoms with E-state index >= 15 is 0 Å². The number of hydrogen-bond donors (Lipinski definition) is 1. The molecule has 4 nitrogen and oxygen atoms in total. The van der Waals surface area contributed by atoms with Crippen molar-refractivity contribution in [2.75, 3.05) is 13.7 Å². The molecule has 0 fully saturated rings. The number of nitrogens with one attached hydrogen (secondary N) is 1. The number of likely N-dealkylation sites (N-methyl/N-ethyl adjacent to an activating group) is 1. The molecule has 1 aromatic heterocycles. The van der Waals surface area contributed by atoms with Crippen LogP contribution in [0.3, 0.4) is 0 Å². The van der Waals surface area contributed by atoms with E-state index in [1.807, 2.05) is 13.0 Å². The van der Waals surface area contributed by atoms with E-state index in [2.05, 4.69) is 31.2 Å². The van der Waals surface area contributed by atoms with Gasteiger partial charge in [-0.15, -0.1) is 0 Å². The number of aromatic nitrogens is 2. The van der Waals surface area contributed by atoms with Gasteiger partial charge in [-0.2, -0.15) is 0 Å². The van der Waals surface area contributed by atoms with Gasteiger partial charge in [0.25, 0.3) is 0 Å². The third kappa shape index (κ3) is 4.22. The Labute approximate surface area is 131 Å². The summed E-state index contributed by atoms with van der Waals surface area (Å²) >= 11 is 3.21. The van der Waals surface area contributed by atoms with E-state index in [0.29, 0.717) is 16.8 Å². The van der Waals surface area contributed by atoms with Crippen LogP contribution >= 0.6 is 15.9 Å². The molecule has 1 atom stereocenters. The van der Waals surface area contributed by atoms with Crippen LogP contribution in [0.15, 0.2) is 35.1 Å². The molecule has 112 valence electrons. The number of hydrogen-bond acceptors (Lipinski definition) is 4. The van der Waals surface area contributed by atoms with E-state index in [9.17, 15) is 4.39 Å². The first-order valence-corrected chi connectivity index (χ1v) is 7.46. The molecule has 1 unspecified atom stereocenters. The van der Waals surface area contributed by atoms with Gasteiger partial charge in [0.2, 0.25) is 5.88 Å². The van der Waals surface area contributed by atoms with Gasteiger partial charge >= 0.3 is 0 Å². The molecule has 0 bridgehead atoms. The standard InChI is InChI=1S/C15H17BrFN3O/c1-3-18-13(14-8-15(21-2)20-9-19-14)7-10-4-5-12(17)11(16)6-10/h4-6,8-9,13,18H,3,7H2,1-2H3. The highest BCUT2D eigenvalue weighted by atomic mass is 79.9. The summed E-state index contributed by atoms with van der Waals surface area (Å²) in [6.07, 6.45) is 2.19. The molecule has 0 spiro atoms. The van der Waals surface area contributed by atoms with Crippen molar-refractivity contribution in [3.05, 3.63) is 52.1 Å². The van der Waals surface area contributed by atoms with Gasteiger partial charge in [0.15, 0.2) is 0 Å². The Bertz CT molecular complexity index is 609. The van der Waals surface area contributed by atoms with Gasteiger partial charge in [-0.25, -0.2) is 14.4 Å². The summed E-state index contributed by atoms with van der Waals surface area (Å²) in [6.45, 7) is 2.84. The van der Waals surface area contributed by atoms with Crippen molar-refractivity contribution in [3.63, 3.8) is 0 Å². The van der Waals surface area contributed by atoms with Gasteiger partial charge in [0, 0.05) is 6.07 Å². The third-order valence-electron chi connectivity index (χ3n) is 3.10. The van der Waals surface area contributed by atoms with Crippen LogP contribution in [0, 0.1) is 5.82 Å². The molecule has 1 aromatic carbocycles. The monoisotopic (exact) mass is 353 g/mol. The van der Waals surface area contributed by atoms with Crippen LogP contribution in [0.25, 0.3) is 0 Å². The van der Waals surface area contributed by atoms with Crippen molar-refractivity contribution in [2.24, 2.45) is 0 Å². The molecule has 0 saturated heterocycles. The molecule has 0 aliphatic heterocycles. The number of methoxy groups -OCH3 is 1. The highest BCUT2D eigenvalue weighted by Gasteiger charge is 2.14. The number of halogens is 2. The van der Waals surface area contributed by atoms with Crippen molar-refractivity contribution in [1.82, 2.24) is 15.3 Å². The molecule has 0 amide bonds. The van der Waals surface area contributed by atoms with Crippen molar-refractivity contribution in [2.45, 2.75) is 19.4 Å². The summed E-state index contributed by atoms with van der Waals surface area (Å²) in [7, 11) is 1.57. The van der Waals surface area contributed by atoms with Crippen molar-refractivity contribution in [1.29, 1.82) is 0 Å². The smallest absolute Gasteiger partial charge is 0.216 e. The maximum absolute atomic E-state index is 13.3. The van der Waals surface area contributed by atoms with Crippen LogP contribution in [0.2, 0.25) is 0 Å². The van der Waals surface area contributed by atoms with Gasteiger partial charge in [0.1, 0.15) is 12.1 Å². The predicted octanol–water partition coefficient (Wildman–Crippen LogP) is 3.28. The maximum Gasteiger partial charge on any atom is 0.216 e. The molecule has 2 aromatic rings. The molecule has 0 saturated carbocycles. The minimum absolute atomic E-state index is 0.0178.